The van der Waals surface area contributed by atoms with E-state index in [9.17, 15) is 0 Å². The molecule has 0 aliphatic heterocycles. The van der Waals surface area contributed by atoms with E-state index < -0.39 is 0 Å². The molecule has 2 heteroatoms. The Balaban J connectivity index is 0. The topological polar surface area (TPSA) is 26.0 Å². The average Bonchev–Trinajstić information content (AvgIpc) is 2.47. The quantitative estimate of drug-likeness (QED) is 0.211. The molecule has 121 valence electrons. The van der Waals surface area contributed by atoms with Crippen molar-refractivity contribution >= 4 is 29.6 Å². The van der Waals surface area contributed by atoms with E-state index in [1.807, 2.05) is 0 Å². The Bertz CT molecular complexity index is 192. The van der Waals surface area contributed by atoms with Gasteiger partial charge in [0.1, 0.15) is 0 Å². The number of nitrogens with two attached hydrogens (primary N) is 1. The SMILES string of the molecule is CCCCCCCCC=CCCCCCCCCCN.[Na]. The van der Waals surface area contributed by atoms with Gasteiger partial charge in [0.05, 0.1) is 0 Å². The smallest absolute Gasteiger partial charge is 0 e. The van der Waals surface area contributed by atoms with Gasteiger partial charge in [0.2, 0.25) is 0 Å². The van der Waals surface area contributed by atoms with Crippen molar-refractivity contribution in [2.45, 2.75) is 103 Å². The molecule has 0 amide bonds. The van der Waals surface area contributed by atoms with Crippen molar-refractivity contribution in [3.8, 4) is 0 Å². The third-order valence-electron chi connectivity index (χ3n) is 3.97. The van der Waals surface area contributed by atoms with Gasteiger partial charge in [-0.1, -0.05) is 83.3 Å². The number of rotatable bonds is 16. The van der Waals surface area contributed by atoms with E-state index in [0.717, 1.165) is 6.54 Å². The van der Waals surface area contributed by atoms with E-state index in [1.165, 1.54) is 96.3 Å². The zero-order chi connectivity index (χ0) is 14.7. The predicted octanol–water partition coefficient (Wildman–Crippen LogP) is 5.99. The number of hydrogen-bond donors (Lipinski definition) is 1. The Morgan fingerprint density at radius 3 is 1.38 bits per heavy atom. The van der Waals surface area contributed by atoms with Gasteiger partial charge < -0.3 is 5.73 Å². The Hall–Kier alpha value is 0.700. The zero-order valence-corrected chi connectivity index (χ0v) is 17.0. The third-order valence-corrected chi connectivity index (χ3v) is 3.97. The van der Waals surface area contributed by atoms with Crippen LogP contribution in [-0.2, 0) is 0 Å². The molecule has 0 fully saturated rings. The first-order valence-electron chi connectivity index (χ1n) is 9.27. The number of allylic oxidation sites excluding steroid dienone is 2. The molecule has 0 aromatic rings. The van der Waals surface area contributed by atoms with Crippen LogP contribution in [-0.4, -0.2) is 36.1 Å². The maximum Gasteiger partial charge on any atom is 0 e. The summed E-state index contributed by atoms with van der Waals surface area (Å²) in [5, 5.41) is 0. The minimum absolute atomic E-state index is 0. The summed E-state index contributed by atoms with van der Waals surface area (Å²) in [6, 6.07) is 0. The molecule has 2 N–H and O–H groups in total. The molecule has 0 saturated carbocycles. The fourth-order valence-electron chi connectivity index (χ4n) is 2.57. The van der Waals surface area contributed by atoms with Gasteiger partial charge in [-0.25, -0.2) is 0 Å². The molecule has 0 aromatic heterocycles. The summed E-state index contributed by atoms with van der Waals surface area (Å²) in [4.78, 5) is 0. The number of unbranched alkanes of at least 4 members (excludes halogenated alkanes) is 13. The van der Waals surface area contributed by atoms with E-state index in [4.69, 9.17) is 5.73 Å². The second kappa shape index (κ2) is 23.0. The van der Waals surface area contributed by atoms with Crippen LogP contribution in [0.1, 0.15) is 103 Å². The maximum absolute atomic E-state index is 5.48. The minimum atomic E-state index is 0. The normalized spacial score (nSPS) is 11.0. The molecule has 0 spiro atoms. The predicted molar refractivity (Wildman–Crippen MR) is 98.9 cm³/mol. The second-order valence-corrected chi connectivity index (χ2v) is 6.08. The van der Waals surface area contributed by atoms with Gasteiger partial charge in [-0.2, -0.15) is 0 Å². The maximum atomic E-state index is 5.48. The Morgan fingerprint density at radius 2 is 0.952 bits per heavy atom. The summed E-state index contributed by atoms with van der Waals surface area (Å²) in [6.07, 6.45) is 25.4. The third kappa shape index (κ3) is 23.1. The molecule has 0 aromatic carbocycles. The Kier molecular flexibility index (Phi) is 26.2. The summed E-state index contributed by atoms with van der Waals surface area (Å²) in [5.74, 6) is 0. The van der Waals surface area contributed by atoms with Gasteiger partial charge in [0, 0.05) is 29.6 Å². The molecule has 0 rings (SSSR count). The van der Waals surface area contributed by atoms with Crippen LogP contribution in [0.3, 0.4) is 0 Å². The molecule has 0 unspecified atom stereocenters. The van der Waals surface area contributed by atoms with E-state index in [2.05, 4.69) is 19.1 Å². The monoisotopic (exact) mass is 304 g/mol. The number of hydrogen-bond acceptors (Lipinski definition) is 1. The van der Waals surface area contributed by atoms with Gasteiger partial charge in [0.15, 0.2) is 0 Å². The van der Waals surface area contributed by atoms with Crippen LogP contribution in [0.5, 0.6) is 0 Å². The van der Waals surface area contributed by atoms with Crippen molar-refractivity contribution in [2.24, 2.45) is 5.73 Å². The van der Waals surface area contributed by atoms with E-state index in [1.54, 1.807) is 0 Å². The van der Waals surface area contributed by atoms with Crippen molar-refractivity contribution in [2.75, 3.05) is 6.54 Å². The zero-order valence-electron chi connectivity index (χ0n) is 15.0. The molecule has 0 atom stereocenters. The minimum Gasteiger partial charge on any atom is -0.330 e. The van der Waals surface area contributed by atoms with Crippen LogP contribution in [0.25, 0.3) is 0 Å². The molecule has 0 saturated heterocycles. The average molecular weight is 305 g/mol. The van der Waals surface area contributed by atoms with E-state index >= 15 is 0 Å². The van der Waals surface area contributed by atoms with Crippen LogP contribution in [0.4, 0.5) is 0 Å². The van der Waals surface area contributed by atoms with Gasteiger partial charge in [0.25, 0.3) is 0 Å². The first-order valence-corrected chi connectivity index (χ1v) is 9.27. The van der Waals surface area contributed by atoms with Crippen molar-refractivity contribution in [3.63, 3.8) is 0 Å². The van der Waals surface area contributed by atoms with Crippen molar-refractivity contribution in [3.05, 3.63) is 12.2 Å². The van der Waals surface area contributed by atoms with Gasteiger partial charge >= 0.3 is 0 Å². The molecule has 0 aliphatic rings. The van der Waals surface area contributed by atoms with Crippen molar-refractivity contribution < 1.29 is 0 Å². The van der Waals surface area contributed by atoms with E-state index in [0.29, 0.717) is 0 Å². The van der Waals surface area contributed by atoms with Gasteiger partial charge in [-0.05, 0) is 38.6 Å². The largest absolute Gasteiger partial charge is 0.330 e. The van der Waals surface area contributed by atoms with Crippen LogP contribution in [0, 0.1) is 0 Å². The summed E-state index contributed by atoms with van der Waals surface area (Å²) in [7, 11) is 0. The summed E-state index contributed by atoms with van der Waals surface area (Å²) >= 11 is 0. The molecule has 0 aliphatic carbocycles. The first-order chi connectivity index (χ1) is 9.91. The van der Waals surface area contributed by atoms with Crippen LogP contribution < -0.4 is 5.73 Å². The molecule has 1 radical (unpaired) electrons. The Morgan fingerprint density at radius 1 is 0.571 bits per heavy atom. The summed E-state index contributed by atoms with van der Waals surface area (Å²) < 4.78 is 0. The molecule has 21 heavy (non-hydrogen) atoms. The van der Waals surface area contributed by atoms with E-state index in [-0.39, 0.29) is 29.6 Å². The molecular weight excluding hydrogens is 265 g/mol. The van der Waals surface area contributed by atoms with Crippen molar-refractivity contribution in [1.29, 1.82) is 0 Å². The van der Waals surface area contributed by atoms with Crippen LogP contribution in [0.2, 0.25) is 0 Å². The standard InChI is InChI=1S/C19H39N.Na/c1-2-3-4-5-6-7-8-9-10-11-12-13-14-15-16-17-18-19-20;/h9-10H,2-8,11-20H2,1H3;. The fraction of sp³-hybridized carbons (Fsp3) is 0.895. The van der Waals surface area contributed by atoms with Gasteiger partial charge in [-0.3, -0.25) is 0 Å². The van der Waals surface area contributed by atoms with Crippen LogP contribution >= 0.6 is 0 Å². The Labute approximate surface area is 156 Å². The second-order valence-electron chi connectivity index (χ2n) is 6.08. The fourth-order valence-corrected chi connectivity index (χ4v) is 2.57. The first kappa shape index (κ1) is 24.0. The summed E-state index contributed by atoms with van der Waals surface area (Å²) in [5.41, 5.74) is 5.48. The molecule has 0 heterocycles. The van der Waals surface area contributed by atoms with Crippen molar-refractivity contribution in [1.82, 2.24) is 0 Å². The molecule has 1 nitrogen and oxygen atoms in total. The van der Waals surface area contributed by atoms with Crippen LogP contribution in [0.15, 0.2) is 12.2 Å². The molecular formula is C19H39NNa. The van der Waals surface area contributed by atoms with Gasteiger partial charge in [-0.15, -0.1) is 0 Å². The molecule has 0 bridgehead atoms. The summed E-state index contributed by atoms with van der Waals surface area (Å²) in [6.45, 7) is 3.15.